The van der Waals surface area contributed by atoms with Crippen LogP contribution in [-0.4, -0.2) is 24.3 Å². The average molecular weight is 284 g/mol. The molecular weight excluding hydrogens is 269 g/mol. The number of alkyl halides is 3. The minimum atomic E-state index is -4.37. The SMILES string of the molecule is CCNCc1cc(OCC(F)(F)F)nc2ccccc12. The van der Waals surface area contributed by atoms with Gasteiger partial charge in [0.15, 0.2) is 6.61 Å². The number of benzene rings is 1. The van der Waals surface area contributed by atoms with E-state index in [1.165, 1.54) is 0 Å². The predicted molar refractivity (Wildman–Crippen MR) is 70.7 cm³/mol. The highest BCUT2D eigenvalue weighted by Gasteiger charge is 2.28. The van der Waals surface area contributed by atoms with Crippen molar-refractivity contribution >= 4 is 10.9 Å². The molecule has 0 aliphatic rings. The van der Waals surface area contributed by atoms with Crippen LogP contribution in [0, 0.1) is 0 Å². The summed E-state index contributed by atoms with van der Waals surface area (Å²) in [5.74, 6) is -0.00562. The molecule has 1 N–H and O–H groups in total. The average Bonchev–Trinajstić information content (AvgIpc) is 2.41. The van der Waals surface area contributed by atoms with E-state index in [1.54, 1.807) is 18.2 Å². The molecule has 108 valence electrons. The summed E-state index contributed by atoms with van der Waals surface area (Å²) in [5, 5.41) is 4.06. The maximum Gasteiger partial charge on any atom is 0.422 e. The molecule has 1 aromatic heterocycles. The molecule has 1 aromatic carbocycles. The van der Waals surface area contributed by atoms with Crippen molar-refractivity contribution in [3.63, 3.8) is 0 Å². The van der Waals surface area contributed by atoms with Crippen molar-refractivity contribution in [1.29, 1.82) is 0 Å². The zero-order valence-electron chi connectivity index (χ0n) is 11.0. The Morgan fingerprint density at radius 3 is 2.70 bits per heavy atom. The maximum absolute atomic E-state index is 12.2. The summed E-state index contributed by atoms with van der Waals surface area (Å²) in [6.45, 7) is 1.96. The largest absolute Gasteiger partial charge is 0.468 e. The second kappa shape index (κ2) is 6.09. The van der Waals surface area contributed by atoms with Crippen molar-refractivity contribution in [2.45, 2.75) is 19.6 Å². The first-order chi connectivity index (χ1) is 9.49. The quantitative estimate of drug-likeness (QED) is 0.915. The number of para-hydroxylation sites is 1. The Morgan fingerprint density at radius 1 is 1.25 bits per heavy atom. The van der Waals surface area contributed by atoms with E-state index < -0.39 is 12.8 Å². The second-order valence-electron chi connectivity index (χ2n) is 4.32. The van der Waals surface area contributed by atoms with Crippen LogP contribution in [0.25, 0.3) is 10.9 Å². The molecule has 0 saturated carbocycles. The fourth-order valence-electron chi connectivity index (χ4n) is 1.86. The van der Waals surface area contributed by atoms with E-state index in [9.17, 15) is 13.2 Å². The number of pyridine rings is 1. The predicted octanol–water partition coefficient (Wildman–Crippen LogP) is 3.29. The van der Waals surface area contributed by atoms with Crippen LogP contribution in [0.4, 0.5) is 13.2 Å². The molecule has 3 nitrogen and oxygen atoms in total. The molecule has 0 aliphatic heterocycles. The molecule has 0 atom stereocenters. The number of nitrogens with one attached hydrogen (secondary N) is 1. The van der Waals surface area contributed by atoms with Crippen LogP contribution in [0.15, 0.2) is 30.3 Å². The Kier molecular flexibility index (Phi) is 4.44. The molecule has 2 rings (SSSR count). The van der Waals surface area contributed by atoms with Gasteiger partial charge in [-0.05, 0) is 18.2 Å². The molecular formula is C14H15F3N2O. The van der Waals surface area contributed by atoms with Gasteiger partial charge in [0.2, 0.25) is 5.88 Å². The topological polar surface area (TPSA) is 34.1 Å². The van der Waals surface area contributed by atoms with Crippen molar-refractivity contribution in [2.75, 3.05) is 13.2 Å². The van der Waals surface area contributed by atoms with Gasteiger partial charge in [0.1, 0.15) is 0 Å². The summed E-state index contributed by atoms with van der Waals surface area (Å²) in [4.78, 5) is 4.10. The lowest BCUT2D eigenvalue weighted by atomic mass is 10.1. The smallest absolute Gasteiger partial charge is 0.422 e. The van der Waals surface area contributed by atoms with Gasteiger partial charge < -0.3 is 10.1 Å². The Labute approximate surface area is 114 Å². The Balaban J connectivity index is 2.31. The third-order valence-corrected chi connectivity index (χ3v) is 2.73. The monoisotopic (exact) mass is 284 g/mol. The Morgan fingerprint density at radius 2 is 2.00 bits per heavy atom. The third kappa shape index (κ3) is 3.84. The fraction of sp³-hybridized carbons (Fsp3) is 0.357. The normalized spacial score (nSPS) is 11.8. The first-order valence-electron chi connectivity index (χ1n) is 6.28. The minimum Gasteiger partial charge on any atom is -0.468 e. The number of aromatic nitrogens is 1. The summed E-state index contributed by atoms with van der Waals surface area (Å²) in [5.41, 5.74) is 1.50. The molecule has 1 heterocycles. The van der Waals surface area contributed by atoms with E-state index in [0.29, 0.717) is 12.1 Å². The van der Waals surface area contributed by atoms with Crippen molar-refractivity contribution in [1.82, 2.24) is 10.3 Å². The van der Waals surface area contributed by atoms with Gasteiger partial charge in [0, 0.05) is 18.0 Å². The number of fused-ring (bicyclic) bond motifs is 1. The van der Waals surface area contributed by atoms with Crippen LogP contribution in [-0.2, 0) is 6.54 Å². The van der Waals surface area contributed by atoms with Gasteiger partial charge in [-0.3, -0.25) is 0 Å². The lowest BCUT2D eigenvalue weighted by molar-refractivity contribution is -0.154. The summed E-state index contributed by atoms with van der Waals surface area (Å²) in [6.07, 6.45) is -4.37. The van der Waals surface area contributed by atoms with Crippen molar-refractivity contribution in [3.8, 4) is 5.88 Å². The summed E-state index contributed by atoms with van der Waals surface area (Å²) >= 11 is 0. The zero-order chi connectivity index (χ0) is 14.6. The molecule has 0 amide bonds. The van der Waals surface area contributed by atoms with E-state index in [4.69, 9.17) is 4.74 Å². The van der Waals surface area contributed by atoms with Gasteiger partial charge in [-0.25, -0.2) is 4.98 Å². The molecule has 2 aromatic rings. The number of ether oxygens (including phenoxy) is 1. The Hall–Kier alpha value is -1.82. The van der Waals surface area contributed by atoms with Crippen LogP contribution in [0.5, 0.6) is 5.88 Å². The molecule has 0 fully saturated rings. The standard InChI is InChI=1S/C14H15F3N2O/c1-2-18-8-10-7-13(20-9-14(15,16)17)19-12-6-4-3-5-11(10)12/h3-7,18H,2,8-9H2,1H3. The van der Waals surface area contributed by atoms with E-state index in [0.717, 1.165) is 17.5 Å². The molecule has 6 heteroatoms. The van der Waals surface area contributed by atoms with Crippen LogP contribution in [0.3, 0.4) is 0 Å². The van der Waals surface area contributed by atoms with Crippen LogP contribution >= 0.6 is 0 Å². The van der Waals surface area contributed by atoms with E-state index >= 15 is 0 Å². The van der Waals surface area contributed by atoms with Crippen LogP contribution in [0.2, 0.25) is 0 Å². The van der Waals surface area contributed by atoms with Gasteiger partial charge in [-0.1, -0.05) is 25.1 Å². The van der Waals surface area contributed by atoms with Gasteiger partial charge >= 0.3 is 6.18 Å². The molecule has 0 bridgehead atoms. The van der Waals surface area contributed by atoms with Crippen molar-refractivity contribution in [3.05, 3.63) is 35.9 Å². The molecule has 0 saturated heterocycles. The van der Waals surface area contributed by atoms with Crippen molar-refractivity contribution < 1.29 is 17.9 Å². The molecule has 0 spiro atoms. The summed E-state index contributed by atoms with van der Waals surface area (Å²) < 4.78 is 41.3. The number of nitrogens with zero attached hydrogens (tertiary/aromatic N) is 1. The molecule has 0 unspecified atom stereocenters. The zero-order valence-corrected chi connectivity index (χ0v) is 11.0. The first kappa shape index (κ1) is 14.6. The molecule has 20 heavy (non-hydrogen) atoms. The Bertz CT molecular complexity index is 584. The van der Waals surface area contributed by atoms with Gasteiger partial charge in [-0.15, -0.1) is 0 Å². The highest BCUT2D eigenvalue weighted by atomic mass is 19.4. The number of halogens is 3. The van der Waals surface area contributed by atoms with Gasteiger partial charge in [0.05, 0.1) is 5.52 Å². The summed E-state index contributed by atoms with van der Waals surface area (Å²) in [7, 11) is 0. The third-order valence-electron chi connectivity index (χ3n) is 2.73. The van der Waals surface area contributed by atoms with Crippen molar-refractivity contribution in [2.24, 2.45) is 0 Å². The number of rotatable bonds is 5. The van der Waals surface area contributed by atoms with E-state index in [1.807, 2.05) is 19.1 Å². The van der Waals surface area contributed by atoms with Gasteiger partial charge in [-0.2, -0.15) is 13.2 Å². The maximum atomic E-state index is 12.2. The lowest BCUT2D eigenvalue weighted by Crippen LogP contribution is -2.20. The summed E-state index contributed by atoms with van der Waals surface area (Å²) in [6, 6.07) is 8.86. The van der Waals surface area contributed by atoms with Crippen LogP contribution in [0.1, 0.15) is 12.5 Å². The number of hydrogen-bond donors (Lipinski definition) is 1. The first-order valence-corrected chi connectivity index (χ1v) is 6.28. The van der Waals surface area contributed by atoms with E-state index in [-0.39, 0.29) is 5.88 Å². The van der Waals surface area contributed by atoms with Crippen LogP contribution < -0.4 is 10.1 Å². The lowest BCUT2D eigenvalue weighted by Gasteiger charge is -2.12. The minimum absolute atomic E-state index is 0.00562. The molecule has 0 aliphatic carbocycles. The van der Waals surface area contributed by atoms with Gasteiger partial charge in [0.25, 0.3) is 0 Å². The van der Waals surface area contributed by atoms with E-state index in [2.05, 4.69) is 10.3 Å². The highest BCUT2D eigenvalue weighted by Crippen LogP contribution is 2.23. The highest BCUT2D eigenvalue weighted by molar-refractivity contribution is 5.82. The fourth-order valence-corrected chi connectivity index (χ4v) is 1.86. The second-order valence-corrected chi connectivity index (χ2v) is 4.32. The number of hydrogen-bond acceptors (Lipinski definition) is 3. The molecule has 0 radical (unpaired) electrons.